The van der Waals surface area contributed by atoms with Gasteiger partial charge in [-0.05, 0) is 31.0 Å². The lowest BCUT2D eigenvalue weighted by Gasteiger charge is -2.20. The Balaban J connectivity index is 2.41. The number of nitrogens with zero attached hydrogens (tertiary/aromatic N) is 2. The van der Waals surface area contributed by atoms with Gasteiger partial charge in [0.15, 0.2) is 5.75 Å². The molecular formula is C21H28N6O5S. The van der Waals surface area contributed by atoms with Gasteiger partial charge in [-0.2, -0.15) is 13.4 Å². The number of hydrogen-bond donors (Lipinski definition) is 4. The number of anilines is 3. The third-order valence-electron chi connectivity index (χ3n) is 4.55. The highest BCUT2D eigenvalue weighted by molar-refractivity contribution is 7.86. The van der Waals surface area contributed by atoms with E-state index in [1.807, 2.05) is 20.8 Å². The Morgan fingerprint density at radius 1 is 1.24 bits per heavy atom. The molecule has 1 aromatic heterocycles. The van der Waals surface area contributed by atoms with E-state index in [-0.39, 0.29) is 47.1 Å². The van der Waals surface area contributed by atoms with Crippen molar-refractivity contribution in [2.75, 3.05) is 23.4 Å². The summed E-state index contributed by atoms with van der Waals surface area (Å²) in [6, 6.07) is 4.23. The number of aromatic nitrogens is 2. The van der Waals surface area contributed by atoms with Gasteiger partial charge in [0.05, 0.1) is 17.4 Å². The number of carbonyl (C=O) groups excluding carboxylic acids is 2. The molecule has 0 aliphatic rings. The lowest BCUT2D eigenvalue weighted by molar-refractivity contribution is 0.0955. The quantitative estimate of drug-likeness (QED) is 0.280. The van der Waals surface area contributed by atoms with E-state index in [0.29, 0.717) is 5.69 Å². The predicted octanol–water partition coefficient (Wildman–Crippen LogP) is 2.03. The third-order valence-corrected chi connectivity index (χ3v) is 5.03. The fraction of sp³-hybridized carbons (Fsp3) is 0.333. The van der Waals surface area contributed by atoms with Gasteiger partial charge in [-0.1, -0.05) is 19.9 Å². The molecular weight excluding hydrogens is 448 g/mol. The Hall–Kier alpha value is -3.67. The average molecular weight is 477 g/mol. The molecule has 1 atom stereocenters. The molecule has 0 radical (unpaired) electrons. The van der Waals surface area contributed by atoms with Crippen LogP contribution >= 0.6 is 0 Å². The van der Waals surface area contributed by atoms with Crippen LogP contribution in [0.3, 0.4) is 0 Å². The van der Waals surface area contributed by atoms with Gasteiger partial charge in [0.2, 0.25) is 5.95 Å². The number of carbonyl (C=O) groups is 2. The second-order valence-corrected chi connectivity index (χ2v) is 9.19. The zero-order valence-electron chi connectivity index (χ0n) is 18.9. The van der Waals surface area contributed by atoms with Crippen molar-refractivity contribution < 1.29 is 22.2 Å². The van der Waals surface area contributed by atoms with Gasteiger partial charge < -0.3 is 25.9 Å². The summed E-state index contributed by atoms with van der Waals surface area (Å²) in [5.41, 5.74) is 5.93. The van der Waals surface area contributed by atoms with Crippen LogP contribution in [0.5, 0.6) is 5.75 Å². The lowest BCUT2D eigenvalue weighted by Crippen LogP contribution is -2.25. The molecule has 0 bridgehead atoms. The molecule has 2 amide bonds. The zero-order valence-corrected chi connectivity index (χ0v) is 19.7. The predicted molar refractivity (Wildman–Crippen MR) is 126 cm³/mol. The molecule has 2 rings (SSSR count). The molecule has 178 valence electrons. The summed E-state index contributed by atoms with van der Waals surface area (Å²) in [5.74, 6) is -0.715. The maximum absolute atomic E-state index is 12.5. The molecule has 12 heteroatoms. The summed E-state index contributed by atoms with van der Waals surface area (Å²) in [6.45, 7) is 9.68. The second kappa shape index (κ2) is 10.8. The first-order valence-corrected chi connectivity index (χ1v) is 11.9. The van der Waals surface area contributed by atoms with Crippen LogP contribution in [0, 0.1) is 5.92 Å². The molecule has 11 nitrogen and oxygen atoms in total. The SMILES string of the molecule is C=CCNC(=O)c1cc(Nc2ncc(C(N)=O)c(NC(C)C(C)C)n2)ccc1OS(C)(=O)=O. The van der Waals surface area contributed by atoms with Gasteiger partial charge in [0, 0.05) is 24.5 Å². The fourth-order valence-corrected chi connectivity index (χ4v) is 3.00. The smallest absolute Gasteiger partial charge is 0.306 e. The molecule has 2 aromatic rings. The van der Waals surface area contributed by atoms with Gasteiger partial charge in [-0.15, -0.1) is 6.58 Å². The minimum atomic E-state index is -3.86. The standard InChI is InChI=1S/C21H28N6O5S/c1-6-9-23-20(29)15-10-14(7-8-17(15)32-33(5,30)31)26-21-24-11-16(18(22)28)19(27-21)25-13(4)12(2)3/h6-8,10-13H,1,9H2,2-5H3,(H2,22,28)(H,23,29)(H2,24,25,26,27). The Morgan fingerprint density at radius 2 is 1.94 bits per heavy atom. The number of nitrogens with two attached hydrogens (primary N) is 1. The molecule has 1 aromatic carbocycles. The Labute approximate surface area is 193 Å². The number of nitrogens with one attached hydrogen (secondary N) is 3. The van der Waals surface area contributed by atoms with Crippen LogP contribution in [0.15, 0.2) is 37.1 Å². The largest absolute Gasteiger partial charge is 0.382 e. The van der Waals surface area contributed by atoms with E-state index in [2.05, 4.69) is 32.5 Å². The van der Waals surface area contributed by atoms with Crippen molar-refractivity contribution in [3.8, 4) is 5.75 Å². The van der Waals surface area contributed by atoms with Crippen molar-refractivity contribution >= 4 is 39.4 Å². The Bertz CT molecular complexity index is 1150. The van der Waals surface area contributed by atoms with E-state index in [9.17, 15) is 18.0 Å². The van der Waals surface area contributed by atoms with Crippen molar-refractivity contribution in [2.24, 2.45) is 11.7 Å². The van der Waals surface area contributed by atoms with Crippen molar-refractivity contribution in [3.63, 3.8) is 0 Å². The summed E-state index contributed by atoms with van der Waals surface area (Å²) in [5, 5.41) is 8.66. The number of amides is 2. The minimum absolute atomic E-state index is 0.00145. The van der Waals surface area contributed by atoms with E-state index < -0.39 is 21.9 Å². The van der Waals surface area contributed by atoms with Gasteiger partial charge in [0.25, 0.3) is 11.8 Å². The monoisotopic (exact) mass is 476 g/mol. The molecule has 0 aliphatic heterocycles. The zero-order chi connectivity index (χ0) is 24.8. The van der Waals surface area contributed by atoms with Crippen LogP contribution in [-0.2, 0) is 10.1 Å². The molecule has 1 unspecified atom stereocenters. The Kier molecular flexibility index (Phi) is 8.35. The minimum Gasteiger partial charge on any atom is -0.382 e. The maximum atomic E-state index is 12.5. The van der Waals surface area contributed by atoms with E-state index in [1.165, 1.54) is 30.5 Å². The summed E-state index contributed by atoms with van der Waals surface area (Å²) >= 11 is 0. The number of rotatable bonds is 11. The number of primary amides is 1. The van der Waals surface area contributed by atoms with Gasteiger partial charge in [0.1, 0.15) is 5.82 Å². The van der Waals surface area contributed by atoms with E-state index in [1.54, 1.807) is 0 Å². The highest BCUT2D eigenvalue weighted by atomic mass is 32.2. The van der Waals surface area contributed by atoms with Crippen molar-refractivity contribution in [2.45, 2.75) is 26.8 Å². The first-order chi connectivity index (χ1) is 15.4. The molecule has 0 aliphatic carbocycles. The van der Waals surface area contributed by atoms with Crippen LogP contribution in [-0.4, -0.2) is 49.0 Å². The summed E-state index contributed by atoms with van der Waals surface area (Å²) in [7, 11) is -3.86. The second-order valence-electron chi connectivity index (χ2n) is 7.62. The highest BCUT2D eigenvalue weighted by Crippen LogP contribution is 2.26. The summed E-state index contributed by atoms with van der Waals surface area (Å²) in [6.07, 6.45) is 3.66. The van der Waals surface area contributed by atoms with Crippen molar-refractivity contribution in [3.05, 3.63) is 48.2 Å². The molecule has 0 saturated heterocycles. The van der Waals surface area contributed by atoms with Gasteiger partial charge >= 0.3 is 10.1 Å². The van der Waals surface area contributed by atoms with Gasteiger partial charge in [-0.3, -0.25) is 9.59 Å². The molecule has 0 spiro atoms. The summed E-state index contributed by atoms with van der Waals surface area (Å²) in [4.78, 5) is 32.7. The normalized spacial score (nSPS) is 12.0. The van der Waals surface area contributed by atoms with Crippen LogP contribution < -0.4 is 25.9 Å². The van der Waals surface area contributed by atoms with Crippen LogP contribution in [0.4, 0.5) is 17.5 Å². The maximum Gasteiger partial charge on any atom is 0.306 e. The number of benzene rings is 1. The Morgan fingerprint density at radius 3 is 2.52 bits per heavy atom. The molecule has 1 heterocycles. The summed E-state index contributed by atoms with van der Waals surface area (Å²) < 4.78 is 28.1. The first kappa shape index (κ1) is 25.6. The molecule has 0 saturated carbocycles. The number of hydrogen-bond acceptors (Lipinski definition) is 9. The van der Waals surface area contributed by atoms with Crippen LogP contribution in [0.25, 0.3) is 0 Å². The van der Waals surface area contributed by atoms with E-state index in [0.717, 1.165) is 6.26 Å². The first-order valence-electron chi connectivity index (χ1n) is 10.0. The van der Waals surface area contributed by atoms with Gasteiger partial charge in [-0.25, -0.2) is 4.98 Å². The third kappa shape index (κ3) is 7.45. The van der Waals surface area contributed by atoms with Crippen molar-refractivity contribution in [1.29, 1.82) is 0 Å². The average Bonchev–Trinajstić information content (AvgIpc) is 2.71. The highest BCUT2D eigenvalue weighted by Gasteiger charge is 2.19. The lowest BCUT2D eigenvalue weighted by atomic mass is 10.1. The van der Waals surface area contributed by atoms with Crippen molar-refractivity contribution in [1.82, 2.24) is 15.3 Å². The van der Waals surface area contributed by atoms with Crippen LogP contribution in [0.2, 0.25) is 0 Å². The fourth-order valence-electron chi connectivity index (χ4n) is 2.52. The van der Waals surface area contributed by atoms with Crippen LogP contribution in [0.1, 0.15) is 41.5 Å². The van der Waals surface area contributed by atoms with E-state index in [4.69, 9.17) is 9.92 Å². The molecule has 5 N–H and O–H groups in total. The van der Waals surface area contributed by atoms with E-state index >= 15 is 0 Å². The molecule has 0 fully saturated rings. The molecule has 33 heavy (non-hydrogen) atoms. The topological polar surface area (TPSA) is 165 Å².